The molecule has 1 atom stereocenters. The minimum Gasteiger partial charge on any atom is -0.379 e. The Labute approximate surface area is 226 Å². The van der Waals surface area contributed by atoms with Crippen LogP contribution in [-0.2, 0) is 14.3 Å². The zero-order chi connectivity index (χ0) is 26.7. The molecule has 0 aliphatic carbocycles. The van der Waals surface area contributed by atoms with Gasteiger partial charge in [0.15, 0.2) is 0 Å². The van der Waals surface area contributed by atoms with Crippen LogP contribution in [0.15, 0.2) is 77.7 Å². The van der Waals surface area contributed by atoms with Crippen LogP contribution >= 0.6 is 11.6 Å². The van der Waals surface area contributed by atoms with Gasteiger partial charge in [-0.2, -0.15) is 0 Å². The molecular weight excluding hydrogens is 508 g/mol. The van der Waals surface area contributed by atoms with Crippen LogP contribution in [0.3, 0.4) is 0 Å². The number of nitrogens with zero attached hydrogens (tertiary/aromatic N) is 2. The van der Waals surface area contributed by atoms with Crippen molar-refractivity contribution in [3.05, 3.63) is 93.9 Å². The predicted octanol–water partition coefficient (Wildman–Crippen LogP) is 2.97. The number of pyridine rings is 1. The first-order valence-corrected chi connectivity index (χ1v) is 12.9. The van der Waals surface area contributed by atoms with E-state index in [0.717, 1.165) is 19.6 Å². The zero-order valence-corrected chi connectivity index (χ0v) is 21.7. The van der Waals surface area contributed by atoms with E-state index in [4.69, 9.17) is 21.1 Å². The first kappa shape index (κ1) is 27.5. The van der Waals surface area contributed by atoms with Crippen molar-refractivity contribution in [2.75, 3.05) is 51.4 Å². The van der Waals surface area contributed by atoms with Gasteiger partial charge in [0.1, 0.15) is 0 Å². The lowest BCUT2D eigenvalue weighted by atomic mass is 10.1. The molecule has 4 rings (SSSR count). The standard InChI is InChI=1S/C28H31ClN4O5/c29-22-6-8-23(9-7-22)30-26(34)19-24(20-38-18-15-32-13-16-37-17-14-32)31-28(36)21-4-10-25(11-5-21)33-12-2-1-3-27(33)35/h1-12,24H,13-20H2,(H,30,34)(H,31,36). The molecule has 1 unspecified atom stereocenters. The van der Waals surface area contributed by atoms with Crippen molar-refractivity contribution >= 4 is 29.1 Å². The number of morpholine rings is 1. The number of anilines is 1. The predicted molar refractivity (Wildman–Crippen MR) is 146 cm³/mol. The second-order valence-electron chi connectivity index (χ2n) is 8.91. The second kappa shape index (κ2) is 13.9. The van der Waals surface area contributed by atoms with Gasteiger partial charge in [-0.15, -0.1) is 0 Å². The fourth-order valence-electron chi connectivity index (χ4n) is 4.05. The summed E-state index contributed by atoms with van der Waals surface area (Å²) in [5, 5.41) is 6.32. The molecule has 1 aliphatic heterocycles. The van der Waals surface area contributed by atoms with Gasteiger partial charge in [-0.1, -0.05) is 17.7 Å². The van der Waals surface area contributed by atoms with Gasteiger partial charge in [0, 0.05) is 60.3 Å². The van der Waals surface area contributed by atoms with Gasteiger partial charge in [0.05, 0.1) is 32.5 Å². The lowest BCUT2D eigenvalue weighted by Gasteiger charge is -2.26. The van der Waals surface area contributed by atoms with Crippen molar-refractivity contribution < 1.29 is 19.1 Å². The Hall–Kier alpha value is -3.50. The maximum atomic E-state index is 13.0. The number of ether oxygens (including phenoxy) is 2. The van der Waals surface area contributed by atoms with Gasteiger partial charge >= 0.3 is 0 Å². The van der Waals surface area contributed by atoms with Crippen molar-refractivity contribution in [3.63, 3.8) is 0 Å². The molecule has 0 spiro atoms. The fourth-order valence-corrected chi connectivity index (χ4v) is 4.17. The van der Waals surface area contributed by atoms with Gasteiger partial charge in [-0.05, 0) is 54.6 Å². The summed E-state index contributed by atoms with van der Waals surface area (Å²) >= 11 is 5.92. The number of hydrogen-bond donors (Lipinski definition) is 2. The van der Waals surface area contributed by atoms with E-state index in [-0.39, 0.29) is 30.4 Å². The van der Waals surface area contributed by atoms with E-state index in [9.17, 15) is 14.4 Å². The molecule has 200 valence electrons. The van der Waals surface area contributed by atoms with Crippen molar-refractivity contribution in [2.45, 2.75) is 12.5 Å². The van der Waals surface area contributed by atoms with Crippen molar-refractivity contribution in [1.82, 2.24) is 14.8 Å². The van der Waals surface area contributed by atoms with Crippen LogP contribution in [0.2, 0.25) is 5.02 Å². The lowest BCUT2D eigenvalue weighted by molar-refractivity contribution is -0.117. The number of halogens is 1. The van der Waals surface area contributed by atoms with E-state index in [1.54, 1.807) is 66.9 Å². The number of benzene rings is 2. The van der Waals surface area contributed by atoms with Gasteiger partial charge in [-0.3, -0.25) is 23.9 Å². The Balaban J connectivity index is 1.37. The summed E-state index contributed by atoms with van der Waals surface area (Å²) in [4.78, 5) is 40.1. The van der Waals surface area contributed by atoms with Crippen LogP contribution < -0.4 is 16.2 Å². The highest BCUT2D eigenvalue weighted by Crippen LogP contribution is 2.14. The molecule has 2 heterocycles. The topological polar surface area (TPSA) is 102 Å². The molecule has 1 fully saturated rings. The number of hydrogen-bond acceptors (Lipinski definition) is 6. The molecule has 9 nitrogen and oxygen atoms in total. The summed E-state index contributed by atoms with van der Waals surface area (Å²) in [6.07, 6.45) is 1.70. The fraction of sp³-hybridized carbons (Fsp3) is 0.321. The summed E-state index contributed by atoms with van der Waals surface area (Å²) in [5.41, 5.74) is 1.52. The Morgan fingerprint density at radius 1 is 1.00 bits per heavy atom. The minimum atomic E-state index is -0.545. The maximum absolute atomic E-state index is 13.0. The Morgan fingerprint density at radius 3 is 2.45 bits per heavy atom. The molecule has 0 bridgehead atoms. The second-order valence-corrected chi connectivity index (χ2v) is 9.35. The molecule has 2 amide bonds. The first-order valence-electron chi connectivity index (χ1n) is 12.5. The van der Waals surface area contributed by atoms with Gasteiger partial charge in [-0.25, -0.2) is 0 Å². The Bertz CT molecular complexity index is 1260. The van der Waals surface area contributed by atoms with Gasteiger partial charge in [0.25, 0.3) is 11.5 Å². The molecule has 1 saturated heterocycles. The minimum absolute atomic E-state index is 0.0312. The van der Waals surface area contributed by atoms with E-state index < -0.39 is 6.04 Å². The first-order chi connectivity index (χ1) is 18.5. The third-order valence-corrected chi connectivity index (χ3v) is 6.35. The smallest absolute Gasteiger partial charge is 0.255 e. The molecule has 38 heavy (non-hydrogen) atoms. The van der Waals surface area contributed by atoms with Crippen molar-refractivity contribution in [3.8, 4) is 5.69 Å². The molecule has 2 aromatic carbocycles. The molecule has 1 aromatic heterocycles. The summed E-state index contributed by atoms with van der Waals surface area (Å²) < 4.78 is 12.7. The normalized spacial score (nSPS) is 14.6. The number of amides is 2. The monoisotopic (exact) mass is 538 g/mol. The van der Waals surface area contributed by atoms with Crippen LogP contribution in [-0.4, -0.2) is 73.4 Å². The molecule has 2 N–H and O–H groups in total. The number of rotatable bonds is 11. The average molecular weight is 539 g/mol. The average Bonchev–Trinajstić information content (AvgIpc) is 2.93. The third-order valence-electron chi connectivity index (χ3n) is 6.10. The van der Waals surface area contributed by atoms with Gasteiger partial charge in [0.2, 0.25) is 5.91 Å². The van der Waals surface area contributed by atoms with Crippen LogP contribution in [0, 0.1) is 0 Å². The van der Waals surface area contributed by atoms with E-state index >= 15 is 0 Å². The number of carbonyl (C=O) groups excluding carboxylic acids is 2. The molecular formula is C28H31ClN4O5. The van der Waals surface area contributed by atoms with Crippen LogP contribution in [0.25, 0.3) is 5.69 Å². The Kier molecular flexibility index (Phi) is 10.1. The Morgan fingerprint density at radius 2 is 1.74 bits per heavy atom. The molecule has 0 saturated carbocycles. The molecule has 10 heteroatoms. The maximum Gasteiger partial charge on any atom is 0.255 e. The summed E-state index contributed by atoms with van der Waals surface area (Å²) in [6, 6.07) is 17.9. The summed E-state index contributed by atoms with van der Waals surface area (Å²) in [6.45, 7) is 4.55. The highest BCUT2D eigenvalue weighted by atomic mass is 35.5. The number of carbonyl (C=O) groups is 2. The van der Waals surface area contributed by atoms with E-state index in [1.165, 1.54) is 10.6 Å². The molecule has 0 radical (unpaired) electrons. The third kappa shape index (κ3) is 8.26. The molecule has 1 aliphatic rings. The van der Waals surface area contributed by atoms with Crippen LogP contribution in [0.4, 0.5) is 5.69 Å². The van der Waals surface area contributed by atoms with Crippen LogP contribution in [0.1, 0.15) is 16.8 Å². The SMILES string of the molecule is O=C(CC(COCCN1CCOCC1)NC(=O)c1ccc(-n2ccccc2=O)cc1)Nc1ccc(Cl)cc1. The van der Waals surface area contributed by atoms with E-state index in [2.05, 4.69) is 15.5 Å². The summed E-state index contributed by atoms with van der Waals surface area (Å²) in [5.74, 6) is -0.591. The van der Waals surface area contributed by atoms with Gasteiger partial charge < -0.3 is 20.1 Å². The number of aromatic nitrogens is 1. The van der Waals surface area contributed by atoms with E-state index in [1.807, 2.05) is 0 Å². The van der Waals surface area contributed by atoms with E-state index in [0.29, 0.717) is 41.8 Å². The highest BCUT2D eigenvalue weighted by molar-refractivity contribution is 6.30. The largest absolute Gasteiger partial charge is 0.379 e. The highest BCUT2D eigenvalue weighted by Gasteiger charge is 2.19. The van der Waals surface area contributed by atoms with Crippen molar-refractivity contribution in [1.29, 1.82) is 0 Å². The summed E-state index contributed by atoms with van der Waals surface area (Å²) in [7, 11) is 0. The zero-order valence-electron chi connectivity index (χ0n) is 21.0. The quantitative estimate of drug-likeness (QED) is 0.364. The lowest BCUT2D eigenvalue weighted by Crippen LogP contribution is -2.42. The van der Waals surface area contributed by atoms with Crippen LogP contribution in [0.5, 0.6) is 0 Å². The van der Waals surface area contributed by atoms with Crippen molar-refractivity contribution in [2.24, 2.45) is 0 Å². The molecule has 3 aromatic rings. The number of nitrogens with one attached hydrogen (secondary N) is 2.